The van der Waals surface area contributed by atoms with E-state index in [1.54, 1.807) is 11.8 Å². The molecule has 1 atom stereocenters. The summed E-state index contributed by atoms with van der Waals surface area (Å²) in [7, 11) is 1.97. The van der Waals surface area contributed by atoms with Crippen LogP contribution in [0.4, 0.5) is 4.79 Å². The Bertz CT molecular complexity index is 287. The molecule has 0 spiro atoms. The van der Waals surface area contributed by atoms with Crippen molar-refractivity contribution >= 4 is 23.8 Å². The van der Waals surface area contributed by atoms with Gasteiger partial charge in [-0.25, -0.2) is 9.59 Å². The predicted octanol–water partition coefficient (Wildman–Crippen LogP) is 0.832. The summed E-state index contributed by atoms with van der Waals surface area (Å²) in [5, 5.41) is 14.1. The first-order chi connectivity index (χ1) is 8.88. The number of carboxylic acids is 1. The molecular formula is C12H25N3O3S. The number of hydrogen-bond acceptors (Lipinski definition) is 4. The maximum Gasteiger partial charge on any atom is 0.326 e. The predicted molar refractivity (Wildman–Crippen MR) is 78.7 cm³/mol. The number of aliphatic carboxylic acids is 1. The highest BCUT2D eigenvalue weighted by molar-refractivity contribution is 7.98. The number of nitrogens with zero attached hydrogens (tertiary/aromatic N) is 1. The third-order valence-electron chi connectivity index (χ3n) is 2.85. The van der Waals surface area contributed by atoms with Gasteiger partial charge >= 0.3 is 12.0 Å². The SMILES string of the molecule is CSCC[C@@H](NC(=O)NCCN(C)C(C)C)C(=O)O. The minimum Gasteiger partial charge on any atom is -0.480 e. The van der Waals surface area contributed by atoms with Gasteiger partial charge in [0.1, 0.15) is 6.04 Å². The number of thioether (sulfide) groups is 1. The van der Waals surface area contributed by atoms with Gasteiger partial charge in [-0.1, -0.05) is 0 Å². The highest BCUT2D eigenvalue weighted by Crippen LogP contribution is 2.00. The minimum atomic E-state index is -0.997. The van der Waals surface area contributed by atoms with E-state index in [4.69, 9.17) is 5.11 Å². The van der Waals surface area contributed by atoms with Gasteiger partial charge in [-0.05, 0) is 39.3 Å². The zero-order chi connectivity index (χ0) is 14.8. The highest BCUT2D eigenvalue weighted by atomic mass is 32.2. The third-order valence-corrected chi connectivity index (χ3v) is 3.49. The van der Waals surface area contributed by atoms with Crippen molar-refractivity contribution in [3.8, 4) is 0 Å². The molecular weight excluding hydrogens is 266 g/mol. The summed E-state index contributed by atoms with van der Waals surface area (Å²) in [5.41, 5.74) is 0. The maximum atomic E-state index is 11.6. The van der Waals surface area contributed by atoms with Crippen LogP contribution in [-0.2, 0) is 4.79 Å². The van der Waals surface area contributed by atoms with Crippen LogP contribution in [0.15, 0.2) is 0 Å². The number of hydrogen-bond donors (Lipinski definition) is 3. The molecule has 0 saturated heterocycles. The Kier molecular flexibility index (Phi) is 9.42. The van der Waals surface area contributed by atoms with Crippen molar-refractivity contribution in [1.29, 1.82) is 0 Å². The second-order valence-corrected chi connectivity index (χ2v) is 5.63. The van der Waals surface area contributed by atoms with Gasteiger partial charge in [0, 0.05) is 19.1 Å². The zero-order valence-electron chi connectivity index (χ0n) is 12.1. The Hall–Kier alpha value is -0.950. The monoisotopic (exact) mass is 291 g/mol. The molecule has 112 valence electrons. The first-order valence-electron chi connectivity index (χ1n) is 6.34. The zero-order valence-corrected chi connectivity index (χ0v) is 12.9. The van der Waals surface area contributed by atoms with Crippen LogP contribution < -0.4 is 10.6 Å². The van der Waals surface area contributed by atoms with E-state index in [-0.39, 0.29) is 0 Å². The fourth-order valence-electron chi connectivity index (χ4n) is 1.31. The Morgan fingerprint density at radius 3 is 2.47 bits per heavy atom. The molecule has 0 aliphatic carbocycles. The smallest absolute Gasteiger partial charge is 0.326 e. The molecule has 0 aliphatic rings. The average Bonchev–Trinajstić information content (AvgIpc) is 2.33. The normalized spacial score (nSPS) is 12.5. The summed E-state index contributed by atoms with van der Waals surface area (Å²) in [6, 6.07) is -0.834. The van der Waals surface area contributed by atoms with Crippen molar-refractivity contribution in [1.82, 2.24) is 15.5 Å². The molecule has 6 nitrogen and oxygen atoms in total. The summed E-state index contributed by atoms with van der Waals surface area (Å²) in [4.78, 5) is 24.6. The van der Waals surface area contributed by atoms with Crippen LogP contribution >= 0.6 is 11.8 Å². The summed E-state index contributed by atoms with van der Waals surface area (Å²) < 4.78 is 0. The van der Waals surface area contributed by atoms with E-state index >= 15 is 0 Å². The van der Waals surface area contributed by atoms with Crippen LogP contribution in [0.3, 0.4) is 0 Å². The molecule has 0 fully saturated rings. The lowest BCUT2D eigenvalue weighted by atomic mass is 10.2. The van der Waals surface area contributed by atoms with E-state index in [1.807, 2.05) is 13.3 Å². The Morgan fingerprint density at radius 2 is 2.00 bits per heavy atom. The molecule has 0 heterocycles. The molecule has 0 unspecified atom stereocenters. The lowest BCUT2D eigenvalue weighted by Crippen LogP contribution is -2.48. The minimum absolute atomic E-state index is 0.415. The van der Waals surface area contributed by atoms with Crippen molar-refractivity contribution in [2.24, 2.45) is 0 Å². The van der Waals surface area contributed by atoms with Gasteiger partial charge in [0.05, 0.1) is 0 Å². The summed E-state index contributed by atoms with van der Waals surface area (Å²) in [6.07, 6.45) is 2.33. The van der Waals surface area contributed by atoms with E-state index in [2.05, 4.69) is 29.4 Å². The number of nitrogens with one attached hydrogen (secondary N) is 2. The van der Waals surface area contributed by atoms with E-state index in [9.17, 15) is 9.59 Å². The third kappa shape index (κ3) is 8.72. The van der Waals surface area contributed by atoms with Crippen LogP contribution in [0.2, 0.25) is 0 Å². The van der Waals surface area contributed by atoms with Crippen LogP contribution in [0.5, 0.6) is 0 Å². The molecule has 3 N–H and O–H groups in total. The van der Waals surface area contributed by atoms with E-state index < -0.39 is 18.0 Å². The standard InChI is InChI=1S/C12H25N3O3S/c1-9(2)15(3)7-6-13-12(18)14-10(11(16)17)5-8-19-4/h9-10H,5-8H2,1-4H3,(H,16,17)(H2,13,14,18)/t10-/m1/s1. The Morgan fingerprint density at radius 1 is 1.37 bits per heavy atom. The molecule has 0 bridgehead atoms. The van der Waals surface area contributed by atoms with Crippen LogP contribution in [0.25, 0.3) is 0 Å². The topological polar surface area (TPSA) is 81.7 Å². The average molecular weight is 291 g/mol. The molecule has 0 rings (SSSR count). The number of urea groups is 1. The van der Waals surface area contributed by atoms with Crippen LogP contribution in [0.1, 0.15) is 20.3 Å². The number of carbonyl (C=O) groups excluding carboxylic acids is 1. The molecule has 19 heavy (non-hydrogen) atoms. The van der Waals surface area contributed by atoms with E-state index in [0.717, 1.165) is 6.54 Å². The lowest BCUT2D eigenvalue weighted by Gasteiger charge is -2.21. The molecule has 7 heteroatoms. The maximum absolute atomic E-state index is 11.6. The Labute approximate surface area is 119 Å². The molecule has 0 aromatic carbocycles. The fourth-order valence-corrected chi connectivity index (χ4v) is 1.78. The summed E-state index contributed by atoms with van der Waals surface area (Å²) in [6.45, 7) is 5.37. The quantitative estimate of drug-likeness (QED) is 0.586. The molecule has 0 aliphatic heterocycles. The van der Waals surface area contributed by atoms with E-state index in [1.165, 1.54) is 0 Å². The summed E-state index contributed by atoms with van der Waals surface area (Å²) in [5.74, 6) is -0.295. The molecule has 0 saturated carbocycles. The fraction of sp³-hybridized carbons (Fsp3) is 0.833. The van der Waals surface area contributed by atoms with Gasteiger partial charge in [-0.3, -0.25) is 0 Å². The molecule has 0 aromatic rings. The van der Waals surface area contributed by atoms with Gasteiger partial charge in [-0.2, -0.15) is 11.8 Å². The second-order valence-electron chi connectivity index (χ2n) is 4.65. The van der Waals surface area contributed by atoms with Crippen molar-refractivity contribution in [2.75, 3.05) is 32.1 Å². The lowest BCUT2D eigenvalue weighted by molar-refractivity contribution is -0.139. The number of carbonyl (C=O) groups is 2. The highest BCUT2D eigenvalue weighted by Gasteiger charge is 2.18. The van der Waals surface area contributed by atoms with Crippen molar-refractivity contribution in [2.45, 2.75) is 32.4 Å². The number of likely N-dealkylation sites (N-methyl/N-ethyl adjacent to an activating group) is 1. The molecule has 2 amide bonds. The number of rotatable bonds is 9. The largest absolute Gasteiger partial charge is 0.480 e. The van der Waals surface area contributed by atoms with Crippen molar-refractivity contribution in [3.63, 3.8) is 0 Å². The first-order valence-corrected chi connectivity index (χ1v) is 7.74. The van der Waals surface area contributed by atoms with Gasteiger partial charge < -0.3 is 20.6 Å². The Balaban J connectivity index is 3.96. The molecule has 0 aromatic heterocycles. The number of amides is 2. The van der Waals surface area contributed by atoms with Crippen molar-refractivity contribution < 1.29 is 14.7 Å². The van der Waals surface area contributed by atoms with Gasteiger partial charge in [0.25, 0.3) is 0 Å². The van der Waals surface area contributed by atoms with Gasteiger partial charge in [0.15, 0.2) is 0 Å². The van der Waals surface area contributed by atoms with Crippen LogP contribution in [-0.4, -0.2) is 66.2 Å². The van der Waals surface area contributed by atoms with Gasteiger partial charge in [0.2, 0.25) is 0 Å². The summed E-state index contributed by atoms with van der Waals surface area (Å²) >= 11 is 1.56. The van der Waals surface area contributed by atoms with Gasteiger partial charge in [-0.15, -0.1) is 0 Å². The van der Waals surface area contributed by atoms with Crippen molar-refractivity contribution in [3.05, 3.63) is 0 Å². The van der Waals surface area contributed by atoms with Crippen LogP contribution in [0, 0.1) is 0 Å². The number of carboxylic acid groups (broad SMARTS) is 1. The molecule has 0 radical (unpaired) electrons. The van der Waals surface area contributed by atoms with E-state index in [0.29, 0.717) is 24.8 Å². The first kappa shape index (κ1) is 18.0. The second kappa shape index (κ2) is 9.91.